The summed E-state index contributed by atoms with van der Waals surface area (Å²) in [6, 6.07) is 13.8. The molecule has 0 radical (unpaired) electrons. The second-order valence-electron chi connectivity index (χ2n) is 6.16. The average Bonchev–Trinajstić information content (AvgIpc) is 3.38. The molecule has 1 saturated carbocycles. The third kappa shape index (κ3) is 5.21. The maximum Gasteiger partial charge on any atom is 0.252 e. The standard InChI is InChI=1S/C19H18Cl2N2O2/c20-14-9-13(10-15(21)11-14)18(24)23-17(19(25)22-16-6-7-16)8-12-4-2-1-3-5-12/h1-5,9-11,16-17H,6-8H2,(H,22,25)(H,23,24). The van der Waals surface area contributed by atoms with Crippen LogP contribution in [0.15, 0.2) is 48.5 Å². The van der Waals surface area contributed by atoms with Crippen LogP contribution in [0.3, 0.4) is 0 Å². The summed E-state index contributed by atoms with van der Waals surface area (Å²) in [4.78, 5) is 25.1. The predicted molar refractivity (Wildman–Crippen MR) is 99.0 cm³/mol. The van der Waals surface area contributed by atoms with Crippen molar-refractivity contribution in [1.82, 2.24) is 10.6 Å². The van der Waals surface area contributed by atoms with Crippen molar-refractivity contribution in [2.75, 3.05) is 0 Å². The number of halogens is 2. The summed E-state index contributed by atoms with van der Waals surface area (Å²) < 4.78 is 0. The molecule has 1 unspecified atom stereocenters. The minimum Gasteiger partial charge on any atom is -0.352 e. The van der Waals surface area contributed by atoms with Gasteiger partial charge < -0.3 is 10.6 Å². The topological polar surface area (TPSA) is 58.2 Å². The lowest BCUT2D eigenvalue weighted by atomic mass is 10.0. The molecule has 6 heteroatoms. The van der Waals surface area contributed by atoms with Crippen LogP contribution in [0.5, 0.6) is 0 Å². The average molecular weight is 377 g/mol. The smallest absolute Gasteiger partial charge is 0.252 e. The highest BCUT2D eigenvalue weighted by Crippen LogP contribution is 2.20. The van der Waals surface area contributed by atoms with Crippen LogP contribution in [0.1, 0.15) is 28.8 Å². The Morgan fingerprint density at radius 1 is 1.04 bits per heavy atom. The Labute approximate surface area is 156 Å². The van der Waals surface area contributed by atoms with Gasteiger partial charge in [0.2, 0.25) is 5.91 Å². The van der Waals surface area contributed by atoms with E-state index in [2.05, 4.69) is 10.6 Å². The summed E-state index contributed by atoms with van der Waals surface area (Å²) in [6.07, 6.45) is 2.39. The molecular formula is C19H18Cl2N2O2. The van der Waals surface area contributed by atoms with Crippen molar-refractivity contribution in [3.63, 3.8) is 0 Å². The summed E-state index contributed by atoms with van der Waals surface area (Å²) in [7, 11) is 0. The molecule has 1 aliphatic rings. The molecule has 0 spiro atoms. The first kappa shape index (κ1) is 17.8. The highest BCUT2D eigenvalue weighted by Gasteiger charge is 2.28. The Morgan fingerprint density at radius 3 is 2.28 bits per heavy atom. The Hall–Kier alpha value is -2.04. The highest BCUT2D eigenvalue weighted by atomic mass is 35.5. The summed E-state index contributed by atoms with van der Waals surface area (Å²) in [6.45, 7) is 0. The fourth-order valence-corrected chi connectivity index (χ4v) is 3.04. The minimum atomic E-state index is -0.659. The van der Waals surface area contributed by atoms with Gasteiger partial charge in [-0.2, -0.15) is 0 Å². The van der Waals surface area contributed by atoms with E-state index in [-0.39, 0.29) is 17.9 Å². The van der Waals surface area contributed by atoms with Crippen molar-refractivity contribution in [3.05, 3.63) is 69.7 Å². The van der Waals surface area contributed by atoms with Gasteiger partial charge in [-0.1, -0.05) is 53.5 Å². The largest absolute Gasteiger partial charge is 0.352 e. The summed E-state index contributed by atoms with van der Waals surface area (Å²) in [5.74, 6) is -0.552. The van der Waals surface area contributed by atoms with Crippen LogP contribution in [0.2, 0.25) is 10.0 Å². The SMILES string of the molecule is O=C(NC(Cc1ccccc1)C(=O)NC1CC1)c1cc(Cl)cc(Cl)c1. The first-order chi connectivity index (χ1) is 12.0. The molecule has 0 heterocycles. The van der Waals surface area contributed by atoms with Crippen LogP contribution in [-0.4, -0.2) is 23.9 Å². The van der Waals surface area contributed by atoms with Gasteiger partial charge in [-0.25, -0.2) is 0 Å². The molecule has 1 atom stereocenters. The van der Waals surface area contributed by atoms with Crippen molar-refractivity contribution in [3.8, 4) is 0 Å². The molecule has 1 aliphatic carbocycles. The van der Waals surface area contributed by atoms with Crippen LogP contribution in [0.4, 0.5) is 0 Å². The Kier molecular flexibility index (Phi) is 5.61. The first-order valence-corrected chi connectivity index (χ1v) is 8.88. The second kappa shape index (κ2) is 7.89. The maximum absolute atomic E-state index is 12.5. The third-order valence-electron chi connectivity index (χ3n) is 3.95. The summed E-state index contributed by atoms with van der Waals surface area (Å²) in [5.41, 5.74) is 1.30. The zero-order valence-electron chi connectivity index (χ0n) is 13.5. The van der Waals surface area contributed by atoms with Gasteiger partial charge in [0.25, 0.3) is 5.91 Å². The molecule has 1 fully saturated rings. The first-order valence-electron chi connectivity index (χ1n) is 8.12. The van der Waals surface area contributed by atoms with Crippen molar-refractivity contribution in [1.29, 1.82) is 0 Å². The maximum atomic E-state index is 12.5. The highest BCUT2D eigenvalue weighted by molar-refractivity contribution is 6.35. The van der Waals surface area contributed by atoms with Gasteiger partial charge in [0.15, 0.2) is 0 Å². The number of benzene rings is 2. The van der Waals surface area contributed by atoms with E-state index in [1.807, 2.05) is 30.3 Å². The van der Waals surface area contributed by atoms with E-state index in [9.17, 15) is 9.59 Å². The Bertz CT molecular complexity index is 756. The molecule has 130 valence electrons. The van der Waals surface area contributed by atoms with Crippen molar-refractivity contribution in [2.24, 2.45) is 0 Å². The van der Waals surface area contributed by atoms with Crippen molar-refractivity contribution in [2.45, 2.75) is 31.3 Å². The van der Waals surface area contributed by atoms with E-state index in [4.69, 9.17) is 23.2 Å². The Morgan fingerprint density at radius 2 is 1.68 bits per heavy atom. The zero-order chi connectivity index (χ0) is 17.8. The molecule has 2 aromatic carbocycles. The number of nitrogens with one attached hydrogen (secondary N) is 2. The van der Waals surface area contributed by atoms with Crippen LogP contribution < -0.4 is 10.6 Å². The van der Waals surface area contributed by atoms with Gasteiger partial charge in [0, 0.05) is 28.1 Å². The fourth-order valence-electron chi connectivity index (χ4n) is 2.52. The number of hydrogen-bond acceptors (Lipinski definition) is 2. The van der Waals surface area contributed by atoms with E-state index in [1.165, 1.54) is 12.1 Å². The van der Waals surface area contributed by atoms with Crippen molar-refractivity contribution >= 4 is 35.0 Å². The normalized spacial score (nSPS) is 14.6. The minimum absolute atomic E-state index is 0.173. The van der Waals surface area contributed by atoms with E-state index in [1.54, 1.807) is 6.07 Å². The fraction of sp³-hybridized carbons (Fsp3) is 0.263. The monoisotopic (exact) mass is 376 g/mol. The van der Waals surface area contributed by atoms with E-state index >= 15 is 0 Å². The van der Waals surface area contributed by atoms with Gasteiger partial charge in [-0.05, 0) is 36.6 Å². The molecule has 0 bridgehead atoms. The molecule has 2 N–H and O–H groups in total. The van der Waals surface area contributed by atoms with E-state index < -0.39 is 6.04 Å². The van der Waals surface area contributed by atoms with Gasteiger partial charge in [0.05, 0.1) is 0 Å². The lowest BCUT2D eigenvalue weighted by molar-refractivity contribution is -0.123. The lowest BCUT2D eigenvalue weighted by Crippen LogP contribution is -2.48. The molecule has 4 nitrogen and oxygen atoms in total. The number of rotatable bonds is 6. The van der Waals surface area contributed by atoms with E-state index in [0.29, 0.717) is 22.0 Å². The molecule has 0 aliphatic heterocycles. The number of hydrogen-bond donors (Lipinski definition) is 2. The van der Waals surface area contributed by atoms with Gasteiger partial charge in [-0.3, -0.25) is 9.59 Å². The molecule has 25 heavy (non-hydrogen) atoms. The van der Waals surface area contributed by atoms with Gasteiger partial charge in [-0.15, -0.1) is 0 Å². The van der Waals surface area contributed by atoms with Crippen molar-refractivity contribution < 1.29 is 9.59 Å². The molecule has 2 aromatic rings. The molecule has 2 amide bonds. The quantitative estimate of drug-likeness (QED) is 0.808. The molecule has 3 rings (SSSR count). The number of carbonyl (C=O) groups is 2. The lowest BCUT2D eigenvalue weighted by Gasteiger charge is -2.19. The van der Waals surface area contributed by atoms with Gasteiger partial charge >= 0.3 is 0 Å². The van der Waals surface area contributed by atoms with Crippen LogP contribution in [0, 0.1) is 0 Å². The van der Waals surface area contributed by atoms with E-state index in [0.717, 1.165) is 18.4 Å². The summed E-state index contributed by atoms with van der Waals surface area (Å²) in [5, 5.41) is 6.50. The number of carbonyl (C=O) groups excluding carboxylic acids is 2. The van der Waals surface area contributed by atoms with Gasteiger partial charge in [0.1, 0.15) is 6.04 Å². The molecular weight excluding hydrogens is 359 g/mol. The Balaban J connectivity index is 1.75. The number of amides is 2. The summed E-state index contributed by atoms with van der Waals surface area (Å²) >= 11 is 11.9. The zero-order valence-corrected chi connectivity index (χ0v) is 15.0. The molecule has 0 saturated heterocycles. The van der Waals surface area contributed by atoms with Crippen LogP contribution in [0.25, 0.3) is 0 Å². The predicted octanol–water partition coefficient (Wildman–Crippen LogP) is 3.61. The molecule has 0 aromatic heterocycles. The van der Waals surface area contributed by atoms with Crippen LogP contribution >= 0.6 is 23.2 Å². The third-order valence-corrected chi connectivity index (χ3v) is 4.39. The van der Waals surface area contributed by atoms with Crippen LogP contribution in [-0.2, 0) is 11.2 Å². The second-order valence-corrected chi connectivity index (χ2v) is 7.03.